The van der Waals surface area contributed by atoms with Gasteiger partial charge in [-0.05, 0) is 60.7 Å². The van der Waals surface area contributed by atoms with E-state index < -0.39 is 12.5 Å². The van der Waals surface area contributed by atoms with E-state index in [0.29, 0.717) is 5.69 Å². The summed E-state index contributed by atoms with van der Waals surface area (Å²) in [6, 6.07) is 14.0. The molecule has 5 nitrogen and oxygen atoms in total. The van der Waals surface area contributed by atoms with E-state index in [9.17, 15) is 4.79 Å². The first-order valence-corrected chi connectivity index (χ1v) is 8.13. The number of anilines is 2. The Morgan fingerprint density at radius 2 is 2.08 bits per heavy atom. The molecule has 0 radical (unpaired) electrons. The second-order valence-electron chi connectivity index (χ2n) is 5.94. The lowest BCUT2D eigenvalue weighted by Crippen LogP contribution is -2.18. The first kappa shape index (κ1) is 16.3. The molecular weight excluding hydrogens is 304 g/mol. The maximum Gasteiger partial charge on any atom is 0.250 e. The van der Waals surface area contributed by atoms with Crippen LogP contribution in [-0.2, 0) is 11.2 Å². The Kier molecular flexibility index (Phi) is 5.01. The molecule has 0 saturated heterocycles. The lowest BCUT2D eigenvalue weighted by atomic mass is 9.87. The Morgan fingerprint density at radius 1 is 1.25 bits per heavy atom. The van der Waals surface area contributed by atoms with Gasteiger partial charge in [-0.2, -0.15) is 0 Å². The van der Waals surface area contributed by atoms with Crippen LogP contribution in [0.5, 0.6) is 5.75 Å². The summed E-state index contributed by atoms with van der Waals surface area (Å²) in [5.41, 5.74) is 4.24. The molecule has 126 valence electrons. The van der Waals surface area contributed by atoms with Gasteiger partial charge in [-0.15, -0.1) is 0 Å². The molecule has 1 atom stereocenters. The van der Waals surface area contributed by atoms with E-state index >= 15 is 0 Å². The van der Waals surface area contributed by atoms with Crippen LogP contribution in [0.4, 0.5) is 11.4 Å². The van der Waals surface area contributed by atoms with Gasteiger partial charge in [0.1, 0.15) is 12.4 Å². The monoisotopic (exact) mass is 326 g/mol. The van der Waals surface area contributed by atoms with E-state index in [1.807, 2.05) is 24.3 Å². The van der Waals surface area contributed by atoms with E-state index in [2.05, 4.69) is 22.8 Å². The third-order valence-electron chi connectivity index (χ3n) is 4.30. The van der Waals surface area contributed by atoms with Gasteiger partial charge in [0, 0.05) is 11.4 Å². The third-order valence-corrected chi connectivity index (χ3v) is 4.30. The fraction of sp³-hybridized carbons (Fsp3) is 0.316. The Labute approximate surface area is 141 Å². The van der Waals surface area contributed by atoms with Crippen molar-refractivity contribution in [2.75, 3.05) is 24.4 Å². The van der Waals surface area contributed by atoms with Crippen LogP contribution < -0.4 is 15.4 Å². The van der Waals surface area contributed by atoms with Gasteiger partial charge < -0.3 is 20.5 Å². The van der Waals surface area contributed by atoms with Gasteiger partial charge in [0.05, 0.1) is 13.2 Å². The molecule has 0 aliphatic heterocycles. The molecule has 24 heavy (non-hydrogen) atoms. The van der Waals surface area contributed by atoms with Crippen molar-refractivity contribution in [2.24, 2.45) is 0 Å². The smallest absolute Gasteiger partial charge is 0.250 e. The van der Waals surface area contributed by atoms with Crippen LogP contribution in [0.25, 0.3) is 0 Å². The number of rotatable bonds is 5. The van der Waals surface area contributed by atoms with E-state index in [-0.39, 0.29) is 6.04 Å². The quantitative estimate of drug-likeness (QED) is 0.789. The normalized spacial score (nSPS) is 16.2. The molecule has 5 heteroatoms. The van der Waals surface area contributed by atoms with Crippen molar-refractivity contribution in [1.29, 1.82) is 0 Å². The Bertz CT molecular complexity index is 730. The number of fused-ring (bicyclic) bond motifs is 1. The molecule has 1 aliphatic rings. The summed E-state index contributed by atoms with van der Waals surface area (Å²) in [6.45, 7) is -0.518. The van der Waals surface area contributed by atoms with Crippen LogP contribution in [0.1, 0.15) is 30.0 Å². The van der Waals surface area contributed by atoms with Crippen molar-refractivity contribution in [3.63, 3.8) is 0 Å². The van der Waals surface area contributed by atoms with Gasteiger partial charge in [0.15, 0.2) is 0 Å². The van der Waals surface area contributed by atoms with Gasteiger partial charge in [0.25, 0.3) is 0 Å². The first-order chi connectivity index (χ1) is 11.7. The van der Waals surface area contributed by atoms with E-state index in [1.54, 1.807) is 13.2 Å². The number of nitrogens with one attached hydrogen (secondary N) is 2. The zero-order valence-corrected chi connectivity index (χ0v) is 13.7. The summed E-state index contributed by atoms with van der Waals surface area (Å²) in [6.07, 6.45) is 3.25. The lowest BCUT2D eigenvalue weighted by Gasteiger charge is -2.28. The number of ether oxygens (including phenoxy) is 1. The highest BCUT2D eigenvalue weighted by Crippen LogP contribution is 2.34. The number of aryl methyl sites for hydroxylation is 1. The van der Waals surface area contributed by atoms with Gasteiger partial charge >= 0.3 is 0 Å². The molecule has 1 unspecified atom stereocenters. The minimum Gasteiger partial charge on any atom is -0.497 e. The fourth-order valence-electron chi connectivity index (χ4n) is 3.16. The van der Waals surface area contributed by atoms with Crippen molar-refractivity contribution >= 4 is 17.3 Å². The van der Waals surface area contributed by atoms with Crippen LogP contribution in [0.3, 0.4) is 0 Å². The fourth-order valence-corrected chi connectivity index (χ4v) is 3.16. The van der Waals surface area contributed by atoms with Crippen molar-refractivity contribution in [1.82, 2.24) is 0 Å². The first-order valence-electron chi connectivity index (χ1n) is 8.13. The second-order valence-corrected chi connectivity index (χ2v) is 5.94. The third kappa shape index (κ3) is 3.68. The van der Waals surface area contributed by atoms with Crippen LogP contribution in [0.15, 0.2) is 42.5 Å². The van der Waals surface area contributed by atoms with E-state index in [0.717, 1.165) is 30.7 Å². The molecule has 0 heterocycles. The largest absolute Gasteiger partial charge is 0.497 e. The second kappa shape index (κ2) is 7.36. The van der Waals surface area contributed by atoms with Gasteiger partial charge in [-0.25, -0.2) is 0 Å². The number of benzene rings is 2. The number of aliphatic hydroxyl groups excluding tert-OH is 1. The Hall–Kier alpha value is -2.53. The molecule has 1 amide bonds. The molecule has 0 bridgehead atoms. The number of carbonyl (C=O) groups excluding carboxylic acids is 1. The highest BCUT2D eigenvalue weighted by atomic mass is 16.5. The van der Waals surface area contributed by atoms with Gasteiger partial charge in [-0.1, -0.05) is 12.1 Å². The van der Waals surface area contributed by atoms with Gasteiger partial charge in [-0.3, -0.25) is 4.79 Å². The molecule has 3 N–H and O–H groups in total. The van der Waals surface area contributed by atoms with Crippen LogP contribution in [0, 0.1) is 0 Å². The minimum absolute atomic E-state index is 0.239. The number of amides is 1. The van der Waals surface area contributed by atoms with Crippen molar-refractivity contribution in [2.45, 2.75) is 25.3 Å². The molecule has 0 aromatic heterocycles. The Balaban J connectivity index is 1.78. The van der Waals surface area contributed by atoms with Crippen LogP contribution in [-0.4, -0.2) is 24.7 Å². The predicted molar refractivity (Wildman–Crippen MR) is 94.5 cm³/mol. The predicted octanol–water partition coefficient (Wildman–Crippen LogP) is 3.12. The highest BCUT2D eigenvalue weighted by Gasteiger charge is 2.20. The number of hydrogen-bond donors (Lipinski definition) is 3. The van der Waals surface area contributed by atoms with Gasteiger partial charge in [0.2, 0.25) is 5.91 Å². The highest BCUT2D eigenvalue weighted by molar-refractivity contribution is 5.91. The zero-order chi connectivity index (χ0) is 16.9. The average Bonchev–Trinajstić information content (AvgIpc) is 2.61. The molecule has 1 aliphatic carbocycles. The lowest BCUT2D eigenvalue weighted by molar-refractivity contribution is -0.118. The molecule has 3 rings (SSSR count). The minimum atomic E-state index is -0.518. The number of aliphatic hydroxyl groups is 1. The zero-order valence-electron chi connectivity index (χ0n) is 13.7. The molecule has 2 aromatic carbocycles. The summed E-state index contributed by atoms with van der Waals surface area (Å²) in [5.74, 6) is 0.477. The maximum atomic E-state index is 11.3. The number of hydrogen-bond acceptors (Lipinski definition) is 4. The molecule has 0 saturated carbocycles. The summed E-state index contributed by atoms with van der Waals surface area (Å²) >= 11 is 0. The number of carbonyl (C=O) groups is 1. The van der Waals surface area contributed by atoms with Crippen molar-refractivity contribution in [3.05, 3.63) is 53.6 Å². The molecule has 0 spiro atoms. The molecule has 2 aromatic rings. The molecular formula is C19H22N2O3. The number of methoxy groups -OCH3 is 1. The van der Waals surface area contributed by atoms with E-state index in [1.165, 1.54) is 11.1 Å². The average molecular weight is 326 g/mol. The van der Waals surface area contributed by atoms with Crippen LogP contribution in [0.2, 0.25) is 0 Å². The SMILES string of the molecule is COc1ccc2c(c1)CCCC2Nc1cccc(NC(=O)CO)c1. The van der Waals surface area contributed by atoms with Crippen LogP contribution >= 0.6 is 0 Å². The summed E-state index contributed by atoms with van der Waals surface area (Å²) in [5, 5.41) is 15.1. The summed E-state index contributed by atoms with van der Waals surface area (Å²) in [4.78, 5) is 11.3. The standard InChI is InChI=1S/C19H22N2O3/c1-24-16-8-9-17-13(10-16)4-2-7-18(17)20-14-5-3-6-15(11-14)21-19(23)12-22/h3,5-6,8-11,18,20,22H,2,4,7,12H2,1H3,(H,21,23). The van der Waals surface area contributed by atoms with Crippen molar-refractivity contribution < 1.29 is 14.6 Å². The maximum absolute atomic E-state index is 11.3. The van der Waals surface area contributed by atoms with Crippen molar-refractivity contribution in [3.8, 4) is 5.75 Å². The van der Waals surface area contributed by atoms with E-state index in [4.69, 9.17) is 9.84 Å². The summed E-state index contributed by atoms with van der Waals surface area (Å²) < 4.78 is 5.32. The molecule has 0 fully saturated rings. The summed E-state index contributed by atoms with van der Waals surface area (Å²) in [7, 11) is 1.69. The Morgan fingerprint density at radius 3 is 2.88 bits per heavy atom. The topological polar surface area (TPSA) is 70.6 Å².